The summed E-state index contributed by atoms with van der Waals surface area (Å²) in [7, 11) is 0. The van der Waals surface area contributed by atoms with Gasteiger partial charge < -0.3 is 10.4 Å². The summed E-state index contributed by atoms with van der Waals surface area (Å²) < 4.78 is 0. The summed E-state index contributed by atoms with van der Waals surface area (Å²) in [4.78, 5) is 0. The molecule has 2 aliphatic heterocycles. The second-order valence-electron chi connectivity index (χ2n) is 3.20. The first-order valence-electron chi connectivity index (χ1n) is 3.80. The number of hydrogen-bond acceptors (Lipinski definition) is 2. The Morgan fingerprint density at radius 2 is 2.22 bits per heavy atom. The normalized spacial score (nSPS) is 49.7. The van der Waals surface area contributed by atoms with Gasteiger partial charge >= 0.3 is 0 Å². The van der Waals surface area contributed by atoms with Crippen molar-refractivity contribution in [2.75, 3.05) is 0 Å². The van der Waals surface area contributed by atoms with Crippen molar-refractivity contribution in [1.29, 1.82) is 0 Å². The average molecular weight is 127 g/mol. The molecule has 2 fully saturated rings. The van der Waals surface area contributed by atoms with Gasteiger partial charge in [-0.15, -0.1) is 0 Å². The van der Waals surface area contributed by atoms with Crippen LogP contribution >= 0.6 is 0 Å². The van der Waals surface area contributed by atoms with Crippen LogP contribution in [0.1, 0.15) is 25.7 Å². The van der Waals surface area contributed by atoms with Gasteiger partial charge in [0.1, 0.15) is 0 Å². The first-order valence-corrected chi connectivity index (χ1v) is 3.80. The number of piperidine rings is 1. The highest BCUT2D eigenvalue weighted by molar-refractivity contribution is 4.94. The number of aliphatic hydroxyl groups excluding tert-OH is 1. The minimum Gasteiger partial charge on any atom is -0.391 e. The summed E-state index contributed by atoms with van der Waals surface area (Å²) in [6, 6.07) is 1.07. The van der Waals surface area contributed by atoms with Crippen LogP contribution < -0.4 is 5.32 Å². The number of fused-ring (bicyclic) bond motifs is 2. The third-order valence-electron chi connectivity index (χ3n) is 2.51. The van der Waals surface area contributed by atoms with Crippen LogP contribution in [0, 0.1) is 0 Å². The van der Waals surface area contributed by atoms with Crippen LogP contribution in [0.5, 0.6) is 0 Å². The Bertz CT molecular complexity index is 113. The smallest absolute Gasteiger partial charge is 0.0708 e. The molecule has 0 unspecified atom stereocenters. The Hall–Kier alpha value is -0.0800. The fourth-order valence-corrected chi connectivity index (χ4v) is 2.00. The van der Waals surface area contributed by atoms with Crippen molar-refractivity contribution in [1.82, 2.24) is 5.32 Å². The first kappa shape index (κ1) is 5.69. The van der Waals surface area contributed by atoms with E-state index in [1.54, 1.807) is 0 Å². The molecule has 2 rings (SSSR count). The lowest BCUT2D eigenvalue weighted by Gasteiger charge is -2.20. The molecule has 2 nitrogen and oxygen atoms in total. The maximum atomic E-state index is 9.34. The third kappa shape index (κ3) is 0.864. The van der Waals surface area contributed by atoms with Crippen LogP contribution in [-0.2, 0) is 0 Å². The van der Waals surface area contributed by atoms with E-state index in [1.807, 2.05) is 0 Å². The zero-order chi connectivity index (χ0) is 6.27. The fourth-order valence-electron chi connectivity index (χ4n) is 2.00. The Balaban J connectivity index is 2.07. The zero-order valence-corrected chi connectivity index (χ0v) is 5.51. The summed E-state index contributed by atoms with van der Waals surface area (Å²) >= 11 is 0. The maximum Gasteiger partial charge on any atom is 0.0708 e. The summed E-state index contributed by atoms with van der Waals surface area (Å²) in [5.41, 5.74) is 0. The van der Waals surface area contributed by atoms with E-state index < -0.39 is 0 Å². The van der Waals surface area contributed by atoms with Crippen molar-refractivity contribution >= 4 is 0 Å². The average Bonchev–Trinajstić information content (AvgIpc) is 2.09. The van der Waals surface area contributed by atoms with Gasteiger partial charge in [0.25, 0.3) is 0 Å². The van der Waals surface area contributed by atoms with Gasteiger partial charge in [-0.2, -0.15) is 0 Å². The minimum atomic E-state index is -0.0440. The van der Waals surface area contributed by atoms with Gasteiger partial charge in [0.2, 0.25) is 0 Å². The quantitative estimate of drug-likeness (QED) is 0.489. The van der Waals surface area contributed by atoms with Gasteiger partial charge in [-0.25, -0.2) is 0 Å². The molecule has 0 aromatic heterocycles. The number of hydrogen-bond donors (Lipinski definition) is 2. The van der Waals surface area contributed by atoms with E-state index >= 15 is 0 Å². The van der Waals surface area contributed by atoms with Gasteiger partial charge in [-0.1, -0.05) is 6.42 Å². The van der Waals surface area contributed by atoms with Crippen LogP contribution in [0.3, 0.4) is 0 Å². The molecule has 2 heterocycles. The Labute approximate surface area is 55.3 Å². The molecule has 2 heteroatoms. The Morgan fingerprint density at radius 3 is 2.89 bits per heavy atom. The monoisotopic (exact) mass is 127 g/mol. The molecule has 2 saturated heterocycles. The molecule has 0 amide bonds. The second-order valence-corrected chi connectivity index (χ2v) is 3.20. The molecular weight excluding hydrogens is 114 g/mol. The van der Waals surface area contributed by atoms with Crippen molar-refractivity contribution in [3.8, 4) is 0 Å². The first-order chi connectivity index (χ1) is 4.36. The van der Waals surface area contributed by atoms with Crippen LogP contribution in [0.25, 0.3) is 0 Å². The van der Waals surface area contributed by atoms with E-state index in [-0.39, 0.29) is 6.10 Å². The molecule has 9 heavy (non-hydrogen) atoms. The minimum absolute atomic E-state index is 0.0440. The van der Waals surface area contributed by atoms with Gasteiger partial charge in [0.15, 0.2) is 0 Å². The molecular formula is C7H13NO. The summed E-state index contributed by atoms with van der Waals surface area (Å²) in [5, 5.41) is 12.7. The Kier molecular flexibility index (Phi) is 1.24. The largest absolute Gasteiger partial charge is 0.391 e. The topological polar surface area (TPSA) is 32.3 Å². The standard InChI is InChI=1S/C7H13NO/c9-7-4-5-2-1-3-6(7)8-5/h5-9H,1-4H2/t5-,6-,7+/m1/s1. The maximum absolute atomic E-state index is 9.34. The highest BCUT2D eigenvalue weighted by atomic mass is 16.3. The molecule has 0 aromatic rings. The molecule has 52 valence electrons. The molecule has 0 spiro atoms. The lowest BCUT2D eigenvalue weighted by Crippen LogP contribution is -2.36. The van der Waals surface area contributed by atoms with Crippen molar-refractivity contribution < 1.29 is 5.11 Å². The lowest BCUT2D eigenvalue weighted by atomic mass is 10.1. The molecule has 0 aliphatic carbocycles. The second kappa shape index (κ2) is 1.96. The summed E-state index contributed by atoms with van der Waals surface area (Å²) in [6.45, 7) is 0. The van der Waals surface area contributed by atoms with E-state index in [0.717, 1.165) is 6.42 Å². The summed E-state index contributed by atoms with van der Waals surface area (Å²) in [5.74, 6) is 0. The van der Waals surface area contributed by atoms with Crippen LogP contribution in [-0.4, -0.2) is 23.3 Å². The van der Waals surface area contributed by atoms with Crippen LogP contribution in [0.2, 0.25) is 0 Å². The number of aliphatic hydroxyl groups is 1. The predicted octanol–water partition coefficient (Wildman–Crippen LogP) is 0.262. The number of nitrogens with one attached hydrogen (secondary N) is 1. The molecule has 2 N–H and O–H groups in total. The molecule has 2 aliphatic rings. The van der Waals surface area contributed by atoms with Crippen molar-refractivity contribution in [3.63, 3.8) is 0 Å². The molecule has 0 aromatic carbocycles. The SMILES string of the molecule is O[C@H]1C[C@H]2CCC[C@H]1N2. The van der Waals surface area contributed by atoms with Crippen molar-refractivity contribution in [2.45, 2.75) is 43.9 Å². The van der Waals surface area contributed by atoms with Gasteiger partial charge in [0, 0.05) is 12.1 Å². The zero-order valence-electron chi connectivity index (χ0n) is 5.51. The fraction of sp³-hybridized carbons (Fsp3) is 1.00. The van der Waals surface area contributed by atoms with Crippen molar-refractivity contribution in [3.05, 3.63) is 0 Å². The van der Waals surface area contributed by atoms with Gasteiger partial charge in [-0.05, 0) is 19.3 Å². The molecule has 0 saturated carbocycles. The predicted molar refractivity (Wildman–Crippen MR) is 35.2 cm³/mol. The van der Waals surface area contributed by atoms with E-state index in [1.165, 1.54) is 19.3 Å². The molecule has 3 atom stereocenters. The van der Waals surface area contributed by atoms with E-state index in [9.17, 15) is 5.11 Å². The molecule has 2 bridgehead atoms. The Morgan fingerprint density at radius 1 is 1.33 bits per heavy atom. The van der Waals surface area contributed by atoms with Crippen molar-refractivity contribution in [2.24, 2.45) is 0 Å². The van der Waals surface area contributed by atoms with Gasteiger partial charge in [0.05, 0.1) is 6.10 Å². The van der Waals surface area contributed by atoms with E-state index in [0.29, 0.717) is 12.1 Å². The third-order valence-corrected chi connectivity index (χ3v) is 2.51. The van der Waals surface area contributed by atoms with E-state index in [2.05, 4.69) is 5.32 Å². The lowest BCUT2D eigenvalue weighted by molar-refractivity contribution is 0.156. The van der Waals surface area contributed by atoms with Crippen LogP contribution in [0.15, 0.2) is 0 Å². The number of rotatable bonds is 0. The molecule has 0 radical (unpaired) electrons. The summed E-state index contributed by atoms with van der Waals surface area (Å²) in [6.07, 6.45) is 4.70. The van der Waals surface area contributed by atoms with Crippen LogP contribution in [0.4, 0.5) is 0 Å². The highest BCUT2D eigenvalue weighted by Gasteiger charge is 2.34. The van der Waals surface area contributed by atoms with Gasteiger partial charge in [-0.3, -0.25) is 0 Å². The highest BCUT2D eigenvalue weighted by Crippen LogP contribution is 2.26. The van der Waals surface area contributed by atoms with E-state index in [4.69, 9.17) is 0 Å².